The fraction of sp³-hybridized carbons (Fsp3) is 1.00. The molecule has 2 saturated carbocycles. The van der Waals surface area contributed by atoms with Crippen LogP contribution in [0.5, 0.6) is 0 Å². The molecule has 0 saturated heterocycles. The lowest BCUT2D eigenvalue weighted by molar-refractivity contribution is -0.180. The van der Waals surface area contributed by atoms with Gasteiger partial charge in [0.15, 0.2) is 0 Å². The van der Waals surface area contributed by atoms with Crippen molar-refractivity contribution in [2.24, 2.45) is 5.92 Å². The third kappa shape index (κ3) is 3.71. The molecule has 0 aromatic heterocycles. The minimum absolute atomic E-state index is 0.268. The molecule has 0 heterocycles. The van der Waals surface area contributed by atoms with Gasteiger partial charge in [0.2, 0.25) is 0 Å². The van der Waals surface area contributed by atoms with E-state index >= 15 is 0 Å². The van der Waals surface area contributed by atoms with Crippen LogP contribution in [0.3, 0.4) is 0 Å². The standard InChI is InChI=1S/C16H31NO2/c1-4-12-9-7-8-10-14(12)19-15-11-13(17-5-2)16(15)18-6-3/h12-17H,4-11H2,1-3H3. The van der Waals surface area contributed by atoms with E-state index in [9.17, 15) is 0 Å². The van der Waals surface area contributed by atoms with E-state index in [1.807, 2.05) is 0 Å². The monoisotopic (exact) mass is 269 g/mol. The lowest BCUT2D eigenvalue weighted by Crippen LogP contribution is -2.61. The van der Waals surface area contributed by atoms with Crippen molar-refractivity contribution in [3.8, 4) is 0 Å². The first-order valence-corrected chi connectivity index (χ1v) is 8.30. The summed E-state index contributed by atoms with van der Waals surface area (Å²) in [6.45, 7) is 8.34. The Hall–Kier alpha value is -0.120. The van der Waals surface area contributed by atoms with E-state index in [-0.39, 0.29) is 6.10 Å². The van der Waals surface area contributed by atoms with Crippen molar-refractivity contribution in [3.63, 3.8) is 0 Å². The van der Waals surface area contributed by atoms with E-state index in [0.717, 1.165) is 25.5 Å². The minimum atomic E-state index is 0.268. The zero-order valence-electron chi connectivity index (χ0n) is 12.9. The number of ether oxygens (including phenoxy) is 2. The molecule has 0 radical (unpaired) electrons. The lowest BCUT2D eigenvalue weighted by Gasteiger charge is -2.47. The van der Waals surface area contributed by atoms with Gasteiger partial charge in [-0.25, -0.2) is 0 Å². The Morgan fingerprint density at radius 3 is 2.53 bits per heavy atom. The predicted octanol–water partition coefficient (Wildman–Crippen LogP) is 3.13. The maximum atomic E-state index is 6.41. The molecule has 2 fully saturated rings. The van der Waals surface area contributed by atoms with Crippen molar-refractivity contribution in [2.45, 2.75) is 83.6 Å². The second-order valence-corrected chi connectivity index (χ2v) is 5.99. The van der Waals surface area contributed by atoms with Gasteiger partial charge in [-0.15, -0.1) is 0 Å². The SMILES string of the molecule is CCNC1CC(OC2CCCCC2CC)C1OCC. The zero-order valence-corrected chi connectivity index (χ0v) is 12.9. The van der Waals surface area contributed by atoms with Crippen LogP contribution in [-0.4, -0.2) is 37.5 Å². The van der Waals surface area contributed by atoms with E-state index in [4.69, 9.17) is 9.47 Å². The first kappa shape index (κ1) is 15.3. The molecule has 0 spiro atoms. The van der Waals surface area contributed by atoms with E-state index in [1.54, 1.807) is 0 Å². The average Bonchev–Trinajstić information content (AvgIpc) is 2.44. The summed E-state index contributed by atoms with van der Waals surface area (Å²) >= 11 is 0. The van der Waals surface area contributed by atoms with Gasteiger partial charge in [-0.05, 0) is 38.6 Å². The average molecular weight is 269 g/mol. The Morgan fingerprint density at radius 2 is 1.84 bits per heavy atom. The van der Waals surface area contributed by atoms with Crippen LogP contribution < -0.4 is 5.32 Å². The highest BCUT2D eigenvalue weighted by molar-refractivity contribution is 4.98. The van der Waals surface area contributed by atoms with Crippen molar-refractivity contribution in [2.75, 3.05) is 13.2 Å². The largest absolute Gasteiger partial charge is 0.374 e. The molecule has 2 aliphatic rings. The van der Waals surface area contributed by atoms with E-state index in [1.165, 1.54) is 32.1 Å². The summed E-state index contributed by atoms with van der Waals surface area (Å²) in [5.74, 6) is 0.772. The molecular weight excluding hydrogens is 238 g/mol. The van der Waals surface area contributed by atoms with Gasteiger partial charge in [-0.1, -0.05) is 33.1 Å². The molecule has 0 amide bonds. The number of rotatable bonds is 7. The van der Waals surface area contributed by atoms with E-state index in [2.05, 4.69) is 26.1 Å². The van der Waals surface area contributed by atoms with Crippen LogP contribution in [0, 0.1) is 5.92 Å². The number of hydrogen-bond donors (Lipinski definition) is 1. The minimum Gasteiger partial charge on any atom is -0.374 e. The molecule has 19 heavy (non-hydrogen) atoms. The van der Waals surface area contributed by atoms with Gasteiger partial charge in [0.25, 0.3) is 0 Å². The van der Waals surface area contributed by atoms with Gasteiger partial charge in [-0.3, -0.25) is 0 Å². The highest BCUT2D eigenvalue weighted by atomic mass is 16.6. The summed E-state index contributed by atoms with van der Waals surface area (Å²) in [6.07, 6.45) is 8.77. The Kier molecular flexibility index (Phi) is 6.11. The van der Waals surface area contributed by atoms with Crippen LogP contribution in [0.15, 0.2) is 0 Å². The molecule has 1 N–H and O–H groups in total. The fourth-order valence-electron chi connectivity index (χ4n) is 3.64. The normalized spacial score (nSPS) is 39.0. The number of likely N-dealkylation sites (N-methyl/N-ethyl adjacent to an activating group) is 1. The topological polar surface area (TPSA) is 30.5 Å². The first-order chi connectivity index (χ1) is 9.30. The maximum absolute atomic E-state index is 6.41. The Labute approximate surface area is 118 Å². The highest BCUT2D eigenvalue weighted by Gasteiger charge is 2.44. The summed E-state index contributed by atoms with van der Waals surface area (Å²) in [7, 11) is 0. The molecule has 3 nitrogen and oxygen atoms in total. The van der Waals surface area contributed by atoms with Crippen LogP contribution in [0.2, 0.25) is 0 Å². The summed E-state index contributed by atoms with van der Waals surface area (Å²) in [4.78, 5) is 0. The van der Waals surface area contributed by atoms with E-state index in [0.29, 0.717) is 18.2 Å². The van der Waals surface area contributed by atoms with Crippen molar-refractivity contribution in [1.29, 1.82) is 0 Å². The Balaban J connectivity index is 1.84. The third-order valence-electron chi connectivity index (χ3n) is 4.79. The molecule has 0 aromatic carbocycles. The lowest BCUT2D eigenvalue weighted by atomic mass is 9.82. The van der Waals surface area contributed by atoms with Crippen LogP contribution in [-0.2, 0) is 9.47 Å². The quantitative estimate of drug-likeness (QED) is 0.770. The molecule has 0 aromatic rings. The van der Waals surface area contributed by atoms with Gasteiger partial charge in [0, 0.05) is 12.6 Å². The second kappa shape index (κ2) is 7.61. The third-order valence-corrected chi connectivity index (χ3v) is 4.79. The summed E-state index contributed by atoms with van der Waals surface area (Å²) in [6, 6.07) is 0.499. The van der Waals surface area contributed by atoms with Crippen molar-refractivity contribution in [3.05, 3.63) is 0 Å². The fourth-order valence-corrected chi connectivity index (χ4v) is 3.64. The maximum Gasteiger partial charge on any atom is 0.0990 e. The number of nitrogens with one attached hydrogen (secondary N) is 1. The van der Waals surface area contributed by atoms with Gasteiger partial charge >= 0.3 is 0 Å². The van der Waals surface area contributed by atoms with Gasteiger partial charge in [0.1, 0.15) is 0 Å². The van der Waals surface area contributed by atoms with Crippen molar-refractivity contribution < 1.29 is 9.47 Å². The molecule has 3 heteroatoms. The van der Waals surface area contributed by atoms with Gasteiger partial charge in [0.05, 0.1) is 18.3 Å². The van der Waals surface area contributed by atoms with Gasteiger partial charge < -0.3 is 14.8 Å². The summed E-state index contributed by atoms with van der Waals surface area (Å²) in [5.41, 5.74) is 0. The van der Waals surface area contributed by atoms with Crippen molar-refractivity contribution >= 4 is 0 Å². The van der Waals surface area contributed by atoms with Crippen molar-refractivity contribution in [1.82, 2.24) is 5.32 Å². The Morgan fingerprint density at radius 1 is 1.05 bits per heavy atom. The van der Waals surface area contributed by atoms with Crippen LogP contribution >= 0.6 is 0 Å². The molecule has 2 aliphatic carbocycles. The summed E-state index contributed by atoms with van der Waals surface area (Å²) < 4.78 is 12.3. The van der Waals surface area contributed by atoms with Gasteiger partial charge in [-0.2, -0.15) is 0 Å². The molecule has 112 valence electrons. The van der Waals surface area contributed by atoms with Crippen LogP contribution in [0.25, 0.3) is 0 Å². The molecule has 2 rings (SSSR count). The van der Waals surface area contributed by atoms with Crippen LogP contribution in [0.1, 0.15) is 59.3 Å². The number of hydrogen-bond acceptors (Lipinski definition) is 3. The molecule has 0 bridgehead atoms. The predicted molar refractivity (Wildman–Crippen MR) is 78.4 cm³/mol. The molecular formula is C16H31NO2. The highest BCUT2D eigenvalue weighted by Crippen LogP contribution is 2.35. The van der Waals surface area contributed by atoms with Crippen LogP contribution in [0.4, 0.5) is 0 Å². The molecule has 0 aliphatic heterocycles. The van der Waals surface area contributed by atoms with E-state index < -0.39 is 0 Å². The first-order valence-electron chi connectivity index (χ1n) is 8.30. The molecule has 5 atom stereocenters. The summed E-state index contributed by atoms with van der Waals surface area (Å²) in [5, 5.41) is 3.50. The second-order valence-electron chi connectivity index (χ2n) is 5.99. The molecule has 5 unspecified atom stereocenters. The zero-order chi connectivity index (χ0) is 13.7. The Bertz CT molecular complexity index is 259. The smallest absolute Gasteiger partial charge is 0.0990 e.